The molecule has 0 aliphatic carbocycles. The molecule has 0 saturated carbocycles. The fraction of sp³-hybridized carbons (Fsp3) is 0.167. The average Bonchev–Trinajstić information content (AvgIpc) is 2.47. The van der Waals surface area contributed by atoms with E-state index in [2.05, 4.69) is 0 Å². The molecule has 0 saturated heterocycles. The number of hydrogen-bond donors (Lipinski definition) is 0. The molecule has 1 heterocycles. The number of fused-ring (bicyclic) bond motifs is 1. The highest BCUT2D eigenvalue weighted by Gasteiger charge is 2.15. The van der Waals surface area contributed by atoms with Crippen molar-refractivity contribution in [3.05, 3.63) is 64.0 Å². The van der Waals surface area contributed by atoms with Crippen molar-refractivity contribution in [2.45, 2.75) is 13.8 Å². The first-order valence-corrected chi connectivity index (χ1v) is 6.79. The maximum atomic E-state index is 12.9. The largest absolute Gasteiger partial charge is 0.497 e. The van der Waals surface area contributed by atoms with Gasteiger partial charge in [0.25, 0.3) is 0 Å². The minimum atomic E-state index is 0.0000954. The summed E-state index contributed by atoms with van der Waals surface area (Å²) in [6, 6.07) is 13.2. The van der Waals surface area contributed by atoms with Gasteiger partial charge >= 0.3 is 0 Å². The molecule has 0 atom stereocenters. The zero-order valence-corrected chi connectivity index (χ0v) is 12.3. The lowest BCUT2D eigenvalue weighted by Gasteiger charge is -2.10. The van der Waals surface area contributed by atoms with E-state index in [0.29, 0.717) is 28.0 Å². The summed E-state index contributed by atoms with van der Waals surface area (Å²) in [4.78, 5) is 12.9. The number of hydrogen-bond acceptors (Lipinski definition) is 3. The molecule has 0 aliphatic rings. The summed E-state index contributed by atoms with van der Waals surface area (Å²) in [6.45, 7) is 3.71. The van der Waals surface area contributed by atoms with Crippen LogP contribution in [0.3, 0.4) is 0 Å². The van der Waals surface area contributed by atoms with Gasteiger partial charge in [-0.05, 0) is 31.0 Å². The Labute approximate surface area is 122 Å². The van der Waals surface area contributed by atoms with Crippen LogP contribution in [-0.2, 0) is 0 Å². The van der Waals surface area contributed by atoms with E-state index in [9.17, 15) is 4.79 Å². The molecular formula is C18H16O3. The van der Waals surface area contributed by atoms with E-state index in [-0.39, 0.29) is 5.43 Å². The van der Waals surface area contributed by atoms with Crippen LogP contribution in [0.15, 0.2) is 51.7 Å². The third-order valence-electron chi connectivity index (χ3n) is 3.64. The van der Waals surface area contributed by atoms with Gasteiger partial charge in [0.05, 0.1) is 18.1 Å². The lowest BCUT2D eigenvalue weighted by molar-refractivity contribution is 0.414. The predicted octanol–water partition coefficient (Wildman–Crippen LogP) is 4.09. The third kappa shape index (κ3) is 2.21. The monoisotopic (exact) mass is 280 g/mol. The fourth-order valence-electron chi connectivity index (χ4n) is 2.65. The van der Waals surface area contributed by atoms with E-state index in [1.54, 1.807) is 13.2 Å². The maximum Gasteiger partial charge on any atom is 0.201 e. The SMILES string of the molecule is COc1cc(C)c2c(=O)c(-c3ccccc3)c(C)oc2c1. The van der Waals surface area contributed by atoms with E-state index in [1.165, 1.54) is 0 Å². The van der Waals surface area contributed by atoms with Gasteiger partial charge in [-0.3, -0.25) is 4.79 Å². The lowest BCUT2D eigenvalue weighted by atomic mass is 10.0. The van der Waals surface area contributed by atoms with Crippen molar-refractivity contribution >= 4 is 11.0 Å². The van der Waals surface area contributed by atoms with Crippen LogP contribution in [0.1, 0.15) is 11.3 Å². The van der Waals surface area contributed by atoms with Crippen LogP contribution in [0.25, 0.3) is 22.1 Å². The van der Waals surface area contributed by atoms with Crippen LogP contribution in [0, 0.1) is 13.8 Å². The zero-order valence-electron chi connectivity index (χ0n) is 12.3. The van der Waals surface area contributed by atoms with Gasteiger partial charge in [0.2, 0.25) is 5.43 Å². The minimum absolute atomic E-state index is 0.0000954. The molecule has 0 N–H and O–H groups in total. The Kier molecular flexibility index (Phi) is 3.26. The van der Waals surface area contributed by atoms with Gasteiger partial charge < -0.3 is 9.15 Å². The van der Waals surface area contributed by atoms with Gasteiger partial charge in [0.15, 0.2) is 0 Å². The van der Waals surface area contributed by atoms with E-state index in [1.807, 2.05) is 50.2 Å². The number of benzene rings is 2. The van der Waals surface area contributed by atoms with E-state index in [4.69, 9.17) is 9.15 Å². The first-order chi connectivity index (χ1) is 10.1. The highest BCUT2D eigenvalue weighted by atomic mass is 16.5. The Morgan fingerprint density at radius 3 is 2.43 bits per heavy atom. The summed E-state index contributed by atoms with van der Waals surface area (Å²) in [5, 5.41) is 0.611. The second kappa shape index (κ2) is 5.09. The summed E-state index contributed by atoms with van der Waals surface area (Å²) < 4.78 is 11.1. The average molecular weight is 280 g/mol. The van der Waals surface area contributed by atoms with Crippen molar-refractivity contribution in [1.82, 2.24) is 0 Å². The van der Waals surface area contributed by atoms with Crippen LogP contribution in [0.2, 0.25) is 0 Å². The smallest absolute Gasteiger partial charge is 0.201 e. The van der Waals surface area contributed by atoms with Gasteiger partial charge in [-0.2, -0.15) is 0 Å². The molecular weight excluding hydrogens is 264 g/mol. The van der Waals surface area contributed by atoms with Crippen molar-refractivity contribution < 1.29 is 9.15 Å². The second-order valence-corrected chi connectivity index (χ2v) is 5.05. The first kappa shape index (κ1) is 13.4. The van der Waals surface area contributed by atoms with Gasteiger partial charge in [-0.1, -0.05) is 30.3 Å². The van der Waals surface area contributed by atoms with Gasteiger partial charge in [0.1, 0.15) is 17.1 Å². The van der Waals surface area contributed by atoms with E-state index >= 15 is 0 Å². The van der Waals surface area contributed by atoms with Crippen molar-refractivity contribution in [2.24, 2.45) is 0 Å². The highest BCUT2D eigenvalue weighted by molar-refractivity contribution is 5.86. The second-order valence-electron chi connectivity index (χ2n) is 5.05. The summed E-state index contributed by atoms with van der Waals surface area (Å²) in [7, 11) is 1.60. The van der Waals surface area contributed by atoms with Crippen molar-refractivity contribution in [1.29, 1.82) is 0 Å². The highest BCUT2D eigenvalue weighted by Crippen LogP contribution is 2.28. The molecule has 0 amide bonds. The van der Waals surface area contributed by atoms with Crippen LogP contribution in [0.5, 0.6) is 5.75 Å². The van der Waals surface area contributed by atoms with Crippen LogP contribution in [-0.4, -0.2) is 7.11 Å². The Balaban J connectivity index is 2.40. The molecule has 0 fully saturated rings. The summed E-state index contributed by atoms with van der Waals surface area (Å²) >= 11 is 0. The van der Waals surface area contributed by atoms with E-state index in [0.717, 1.165) is 11.1 Å². The van der Waals surface area contributed by atoms with Crippen LogP contribution in [0.4, 0.5) is 0 Å². The topological polar surface area (TPSA) is 39.4 Å². The molecule has 106 valence electrons. The molecule has 3 rings (SSSR count). The van der Waals surface area contributed by atoms with Crippen LogP contribution >= 0.6 is 0 Å². The van der Waals surface area contributed by atoms with Gasteiger partial charge in [-0.15, -0.1) is 0 Å². The molecule has 21 heavy (non-hydrogen) atoms. The molecule has 0 radical (unpaired) electrons. The number of methoxy groups -OCH3 is 1. The van der Waals surface area contributed by atoms with Crippen LogP contribution < -0.4 is 10.2 Å². The van der Waals surface area contributed by atoms with Gasteiger partial charge in [-0.25, -0.2) is 0 Å². The van der Waals surface area contributed by atoms with Crippen molar-refractivity contribution in [3.63, 3.8) is 0 Å². The minimum Gasteiger partial charge on any atom is -0.497 e. The Bertz CT molecular complexity index is 861. The quantitative estimate of drug-likeness (QED) is 0.710. The molecule has 2 aromatic carbocycles. The molecule has 0 unspecified atom stereocenters. The zero-order chi connectivity index (χ0) is 15.0. The molecule has 3 heteroatoms. The summed E-state index contributed by atoms with van der Waals surface area (Å²) in [5.41, 5.74) is 2.92. The molecule has 3 nitrogen and oxygen atoms in total. The standard InChI is InChI=1S/C18H16O3/c1-11-9-14(20-3)10-15-16(11)18(19)17(12(2)21-15)13-7-5-4-6-8-13/h4-10H,1-3H3. The normalized spacial score (nSPS) is 10.8. The first-order valence-electron chi connectivity index (χ1n) is 6.79. The molecule has 0 aliphatic heterocycles. The number of ether oxygens (including phenoxy) is 1. The number of rotatable bonds is 2. The molecule has 0 spiro atoms. The molecule has 3 aromatic rings. The van der Waals surface area contributed by atoms with Gasteiger partial charge in [0, 0.05) is 6.07 Å². The molecule has 1 aromatic heterocycles. The Morgan fingerprint density at radius 1 is 1.05 bits per heavy atom. The van der Waals surface area contributed by atoms with E-state index < -0.39 is 0 Å². The van der Waals surface area contributed by atoms with Crippen molar-refractivity contribution in [3.8, 4) is 16.9 Å². The third-order valence-corrected chi connectivity index (χ3v) is 3.64. The fourth-order valence-corrected chi connectivity index (χ4v) is 2.65. The lowest BCUT2D eigenvalue weighted by Crippen LogP contribution is -2.09. The Hall–Kier alpha value is -2.55. The predicted molar refractivity (Wildman–Crippen MR) is 83.9 cm³/mol. The molecule has 0 bridgehead atoms. The Morgan fingerprint density at radius 2 is 1.76 bits per heavy atom. The summed E-state index contributed by atoms with van der Waals surface area (Å²) in [5.74, 6) is 1.31. The summed E-state index contributed by atoms with van der Waals surface area (Å²) in [6.07, 6.45) is 0. The maximum absolute atomic E-state index is 12.9. The van der Waals surface area contributed by atoms with Crippen molar-refractivity contribution in [2.75, 3.05) is 7.11 Å². The number of aryl methyl sites for hydroxylation is 2.